The van der Waals surface area contributed by atoms with Crippen LogP contribution in [0.15, 0.2) is 60.7 Å². The van der Waals surface area contributed by atoms with Crippen LogP contribution in [0.25, 0.3) is 0 Å². The second-order valence-electron chi connectivity index (χ2n) is 12.6. The Morgan fingerprint density at radius 2 is 1.45 bits per heavy atom. The van der Waals surface area contributed by atoms with Crippen LogP contribution in [-0.2, 0) is 18.6 Å². The van der Waals surface area contributed by atoms with Crippen molar-refractivity contribution in [2.24, 2.45) is 5.73 Å². The van der Waals surface area contributed by atoms with E-state index in [0.717, 1.165) is 12.8 Å². The van der Waals surface area contributed by atoms with Crippen LogP contribution < -0.4 is 16.1 Å². The van der Waals surface area contributed by atoms with Crippen molar-refractivity contribution >= 4 is 24.8 Å². The maximum Gasteiger partial charge on any atom is 0.410 e. The minimum atomic E-state index is -2.49. The van der Waals surface area contributed by atoms with Gasteiger partial charge >= 0.3 is 6.09 Å². The molecule has 3 rings (SSSR count). The van der Waals surface area contributed by atoms with E-state index in [1.807, 2.05) is 20.8 Å². The molecule has 1 aliphatic rings. The quantitative estimate of drug-likeness (QED) is 0.294. The molecule has 1 aliphatic heterocycles. The van der Waals surface area contributed by atoms with Gasteiger partial charge < -0.3 is 29.3 Å². The zero-order valence-corrected chi connectivity index (χ0v) is 26.4. The van der Waals surface area contributed by atoms with E-state index in [0.29, 0.717) is 45.9 Å². The maximum absolute atomic E-state index is 12.4. The fourth-order valence-electron chi connectivity index (χ4n) is 5.26. The van der Waals surface area contributed by atoms with E-state index in [4.69, 9.17) is 24.4 Å². The van der Waals surface area contributed by atoms with Crippen LogP contribution in [0, 0.1) is 0 Å². The molecule has 222 valence electrons. The van der Waals surface area contributed by atoms with Gasteiger partial charge in [0.2, 0.25) is 0 Å². The number of unbranched alkanes of at least 4 members (excludes halogenated alkanes) is 1. The molecule has 0 bridgehead atoms. The average Bonchev–Trinajstić information content (AvgIpc) is 2.90. The van der Waals surface area contributed by atoms with Crippen molar-refractivity contribution in [2.45, 2.75) is 83.6 Å². The molecule has 0 unspecified atom stereocenters. The Balaban J connectivity index is 1.42. The van der Waals surface area contributed by atoms with Crippen LogP contribution in [-0.4, -0.2) is 76.6 Å². The topological polar surface area (TPSA) is 83.3 Å². The zero-order valence-electron chi connectivity index (χ0n) is 25.4. The molecule has 2 atom stereocenters. The summed E-state index contributed by atoms with van der Waals surface area (Å²) in [4.78, 5) is 14.1. The molecule has 0 aliphatic carbocycles. The van der Waals surface area contributed by atoms with Gasteiger partial charge in [0.25, 0.3) is 8.32 Å². The van der Waals surface area contributed by atoms with E-state index in [2.05, 4.69) is 81.4 Å². The monoisotopic (exact) mass is 570 g/mol. The van der Waals surface area contributed by atoms with Crippen molar-refractivity contribution in [1.29, 1.82) is 0 Å². The smallest absolute Gasteiger partial charge is 0.410 e. The summed E-state index contributed by atoms with van der Waals surface area (Å²) in [6, 6.07) is 21.4. The predicted molar refractivity (Wildman–Crippen MR) is 164 cm³/mol. The molecule has 1 saturated heterocycles. The molecule has 2 aromatic rings. The molecule has 1 fully saturated rings. The first-order valence-electron chi connectivity index (χ1n) is 14.6. The summed E-state index contributed by atoms with van der Waals surface area (Å²) in [6.07, 6.45) is 1.99. The average molecular weight is 571 g/mol. The van der Waals surface area contributed by atoms with Gasteiger partial charge in [-0.2, -0.15) is 0 Å². The van der Waals surface area contributed by atoms with E-state index in [1.165, 1.54) is 10.4 Å². The highest BCUT2D eigenvalue weighted by atomic mass is 28.4. The normalized spacial score (nSPS) is 18.5. The number of amides is 1. The number of carbonyl (C=O) groups is 1. The summed E-state index contributed by atoms with van der Waals surface area (Å²) < 4.78 is 24.3. The maximum atomic E-state index is 12.4. The Labute approximate surface area is 242 Å². The van der Waals surface area contributed by atoms with Gasteiger partial charge in [-0.3, -0.25) is 0 Å². The molecule has 0 radical (unpaired) electrons. The van der Waals surface area contributed by atoms with E-state index in [1.54, 1.807) is 4.90 Å². The Morgan fingerprint density at radius 1 is 0.875 bits per heavy atom. The summed E-state index contributed by atoms with van der Waals surface area (Å²) in [5.41, 5.74) is 5.74. The lowest BCUT2D eigenvalue weighted by Gasteiger charge is -2.43. The predicted octanol–water partition coefficient (Wildman–Crippen LogP) is 4.71. The van der Waals surface area contributed by atoms with E-state index >= 15 is 0 Å². The van der Waals surface area contributed by atoms with Crippen LogP contribution in [0.5, 0.6) is 0 Å². The van der Waals surface area contributed by atoms with Crippen molar-refractivity contribution in [3.63, 3.8) is 0 Å². The number of carbonyl (C=O) groups excluding carboxylic acids is 1. The number of piperidine rings is 1. The second kappa shape index (κ2) is 14.6. The van der Waals surface area contributed by atoms with Crippen molar-refractivity contribution in [1.82, 2.24) is 4.90 Å². The summed E-state index contributed by atoms with van der Waals surface area (Å²) in [5, 5.41) is 2.57. The van der Waals surface area contributed by atoms with Crippen LogP contribution in [0.1, 0.15) is 60.8 Å². The fourth-order valence-corrected chi connectivity index (χ4v) is 9.86. The van der Waals surface area contributed by atoms with E-state index in [-0.39, 0.29) is 23.3 Å². The number of ether oxygens (including phenoxy) is 3. The highest BCUT2D eigenvalue weighted by Gasteiger charge is 2.49. The number of benzene rings is 2. The van der Waals surface area contributed by atoms with Gasteiger partial charge in [0, 0.05) is 25.8 Å². The van der Waals surface area contributed by atoms with Gasteiger partial charge in [-0.15, -0.1) is 0 Å². The lowest BCUT2D eigenvalue weighted by molar-refractivity contribution is -0.0443. The minimum Gasteiger partial charge on any atom is -0.444 e. The molecule has 40 heavy (non-hydrogen) atoms. The molecule has 0 spiro atoms. The van der Waals surface area contributed by atoms with Gasteiger partial charge in [0.15, 0.2) is 0 Å². The van der Waals surface area contributed by atoms with E-state index < -0.39 is 13.9 Å². The standard InChI is InChI=1S/C32H50N2O5Si/c1-31(2,3)39-30(35)34-20-19-28(33)29(25-34)37-24-23-36-21-13-14-22-38-40(32(4,5)6,26-15-9-7-10-16-26)27-17-11-8-12-18-27/h7-12,15-18,28-29H,13-14,19-25,33H2,1-6H3/t28-,29+/m1/s1. The van der Waals surface area contributed by atoms with E-state index in [9.17, 15) is 4.79 Å². The molecule has 7 nitrogen and oxygen atoms in total. The van der Waals surface area contributed by atoms with Gasteiger partial charge in [-0.1, -0.05) is 81.4 Å². The molecule has 2 aromatic carbocycles. The molecular weight excluding hydrogens is 520 g/mol. The van der Waals surface area contributed by atoms with Gasteiger partial charge in [-0.25, -0.2) is 4.79 Å². The molecule has 0 saturated carbocycles. The van der Waals surface area contributed by atoms with Crippen LogP contribution >= 0.6 is 0 Å². The Bertz CT molecular complexity index is 984. The summed E-state index contributed by atoms with van der Waals surface area (Å²) in [5.74, 6) is 0. The van der Waals surface area contributed by atoms with Crippen LogP contribution in [0.2, 0.25) is 5.04 Å². The third kappa shape index (κ3) is 8.88. The highest BCUT2D eigenvalue weighted by molar-refractivity contribution is 6.99. The lowest BCUT2D eigenvalue weighted by Crippen LogP contribution is -2.66. The number of hydrogen-bond donors (Lipinski definition) is 1. The van der Waals surface area contributed by atoms with Crippen molar-refractivity contribution in [3.05, 3.63) is 60.7 Å². The number of likely N-dealkylation sites (tertiary alicyclic amines) is 1. The van der Waals surface area contributed by atoms with Gasteiger partial charge in [0.05, 0.1) is 25.9 Å². The van der Waals surface area contributed by atoms with Crippen molar-refractivity contribution < 1.29 is 23.4 Å². The minimum absolute atomic E-state index is 0.0252. The molecule has 2 N–H and O–H groups in total. The fraction of sp³-hybridized carbons (Fsp3) is 0.594. The Hall–Kier alpha value is -2.23. The van der Waals surface area contributed by atoms with Gasteiger partial charge in [0.1, 0.15) is 5.60 Å². The lowest BCUT2D eigenvalue weighted by atomic mass is 10.0. The SMILES string of the molecule is CC(C)(C)OC(=O)N1CC[C@@H](N)[C@@H](OCCOCCCCO[Si](c2ccccc2)(c2ccccc2)C(C)(C)C)C1. The highest BCUT2D eigenvalue weighted by Crippen LogP contribution is 2.36. The Kier molecular flexibility index (Phi) is 11.8. The van der Waals surface area contributed by atoms with Crippen LogP contribution in [0.3, 0.4) is 0 Å². The summed E-state index contributed by atoms with van der Waals surface area (Å²) in [7, 11) is -2.49. The molecule has 1 amide bonds. The van der Waals surface area contributed by atoms with Crippen molar-refractivity contribution in [2.75, 3.05) is 39.5 Å². The second-order valence-corrected chi connectivity index (χ2v) is 16.9. The summed E-state index contributed by atoms with van der Waals surface area (Å²) >= 11 is 0. The number of hydrogen-bond acceptors (Lipinski definition) is 6. The first kappa shape index (κ1) is 32.3. The Morgan fingerprint density at radius 3 is 2.00 bits per heavy atom. The van der Waals surface area contributed by atoms with Crippen LogP contribution in [0.4, 0.5) is 4.79 Å². The third-order valence-corrected chi connectivity index (χ3v) is 12.3. The largest absolute Gasteiger partial charge is 0.444 e. The molecule has 1 heterocycles. The van der Waals surface area contributed by atoms with Gasteiger partial charge in [-0.05, 0) is 55.4 Å². The molecule has 0 aromatic heterocycles. The zero-order chi connectivity index (χ0) is 29.2. The number of nitrogens with two attached hydrogens (primary N) is 1. The number of nitrogens with zero attached hydrogens (tertiary/aromatic N) is 1. The number of rotatable bonds is 12. The first-order valence-corrected chi connectivity index (χ1v) is 16.5. The molecule has 8 heteroatoms. The molecular formula is C32H50N2O5Si. The third-order valence-electron chi connectivity index (χ3n) is 7.24. The summed E-state index contributed by atoms with van der Waals surface area (Å²) in [6.45, 7) is 15.8. The first-order chi connectivity index (χ1) is 18.9. The van der Waals surface area contributed by atoms with Crippen molar-refractivity contribution in [3.8, 4) is 0 Å².